The molecule has 1 aromatic carbocycles. The normalized spacial score (nSPS) is 19.6. The number of nitrogens with zero attached hydrogens (tertiary/aromatic N) is 6. The maximum absolute atomic E-state index is 13.2. The molecule has 4 heterocycles. The van der Waals surface area contributed by atoms with Gasteiger partial charge in [0.1, 0.15) is 11.6 Å². The van der Waals surface area contributed by atoms with Gasteiger partial charge in [0, 0.05) is 54.7 Å². The minimum atomic E-state index is 0.0849. The fourth-order valence-corrected chi connectivity index (χ4v) is 5.82. The Hall–Kier alpha value is -3.94. The number of carbonyl (C=O) groups is 1. The van der Waals surface area contributed by atoms with Gasteiger partial charge in [0.15, 0.2) is 0 Å². The van der Waals surface area contributed by atoms with E-state index in [1.54, 1.807) is 6.20 Å². The van der Waals surface area contributed by atoms with Crippen LogP contribution in [0, 0.1) is 12.8 Å². The van der Waals surface area contributed by atoms with E-state index in [4.69, 9.17) is 4.98 Å². The van der Waals surface area contributed by atoms with Crippen molar-refractivity contribution in [2.24, 2.45) is 5.92 Å². The number of aromatic nitrogens is 5. The molecule has 1 aliphatic carbocycles. The molecule has 190 valence electrons. The zero-order chi connectivity index (χ0) is 25.5. The van der Waals surface area contributed by atoms with Gasteiger partial charge in [-0.2, -0.15) is 4.98 Å². The molecule has 6 rings (SSSR count). The van der Waals surface area contributed by atoms with Crippen molar-refractivity contribution >= 4 is 28.3 Å². The van der Waals surface area contributed by atoms with Crippen LogP contribution in [0.15, 0.2) is 55.5 Å². The minimum Gasteiger partial charge on any atom is -0.351 e. The molecule has 1 aliphatic heterocycles. The van der Waals surface area contributed by atoms with E-state index in [1.807, 2.05) is 30.3 Å². The van der Waals surface area contributed by atoms with Crippen LogP contribution in [0.1, 0.15) is 49.7 Å². The molecule has 0 radical (unpaired) electrons. The number of imidazole rings is 1. The summed E-state index contributed by atoms with van der Waals surface area (Å²) in [6.45, 7) is 10.4. The summed E-state index contributed by atoms with van der Waals surface area (Å²) in [6.07, 6.45) is 9.37. The Morgan fingerprint density at radius 2 is 1.92 bits per heavy atom. The van der Waals surface area contributed by atoms with Crippen molar-refractivity contribution in [3.8, 4) is 5.82 Å². The summed E-state index contributed by atoms with van der Waals surface area (Å²) in [7, 11) is 0. The Labute approximate surface area is 217 Å². The maximum atomic E-state index is 13.2. The third kappa shape index (κ3) is 4.41. The number of amides is 1. The van der Waals surface area contributed by atoms with Gasteiger partial charge in [0.25, 0.3) is 0 Å². The Kier molecular flexibility index (Phi) is 6.02. The monoisotopic (exact) mass is 495 g/mol. The first-order valence-corrected chi connectivity index (χ1v) is 13.1. The van der Waals surface area contributed by atoms with Crippen molar-refractivity contribution in [3.63, 3.8) is 0 Å². The van der Waals surface area contributed by atoms with Crippen LogP contribution < -0.4 is 5.32 Å². The molecule has 4 aromatic rings. The van der Waals surface area contributed by atoms with Crippen molar-refractivity contribution in [2.75, 3.05) is 11.9 Å². The molecule has 0 unspecified atom stereocenters. The first-order chi connectivity index (χ1) is 18.0. The number of anilines is 1. The molecule has 1 amide bonds. The summed E-state index contributed by atoms with van der Waals surface area (Å²) in [4.78, 5) is 29.0. The van der Waals surface area contributed by atoms with Gasteiger partial charge in [-0.15, -0.1) is 0 Å². The minimum absolute atomic E-state index is 0.0849. The molecule has 0 saturated heterocycles. The van der Waals surface area contributed by atoms with E-state index in [-0.39, 0.29) is 17.9 Å². The second kappa shape index (κ2) is 9.50. The quantitative estimate of drug-likeness (QED) is 0.423. The lowest BCUT2D eigenvalue weighted by molar-refractivity contribution is -0.138. The molecule has 2 aliphatic rings. The second-order valence-corrected chi connectivity index (χ2v) is 10.4. The van der Waals surface area contributed by atoms with Gasteiger partial charge in [-0.3, -0.25) is 4.79 Å². The van der Waals surface area contributed by atoms with Crippen LogP contribution in [0.3, 0.4) is 0 Å². The van der Waals surface area contributed by atoms with E-state index in [0.29, 0.717) is 12.5 Å². The number of benzene rings is 1. The lowest BCUT2D eigenvalue weighted by Crippen LogP contribution is -2.43. The van der Waals surface area contributed by atoms with Crippen LogP contribution in [-0.4, -0.2) is 47.5 Å². The average Bonchev–Trinajstić information content (AvgIpc) is 3.52. The summed E-state index contributed by atoms with van der Waals surface area (Å²) in [5.74, 6) is 2.81. The molecule has 1 saturated carbocycles. The summed E-state index contributed by atoms with van der Waals surface area (Å²) >= 11 is 0. The van der Waals surface area contributed by atoms with E-state index in [1.165, 1.54) is 11.1 Å². The smallest absolute Gasteiger partial charge is 0.226 e. The Balaban J connectivity index is 1.10. The average molecular weight is 496 g/mol. The third-order valence-corrected chi connectivity index (χ3v) is 7.87. The zero-order valence-corrected chi connectivity index (χ0v) is 21.5. The number of nitrogens with one attached hydrogen (secondary N) is 1. The summed E-state index contributed by atoms with van der Waals surface area (Å²) in [6, 6.07) is 10.6. The summed E-state index contributed by atoms with van der Waals surface area (Å²) in [5.41, 5.74) is 4.46. The van der Waals surface area contributed by atoms with E-state index >= 15 is 0 Å². The Morgan fingerprint density at radius 1 is 1.08 bits per heavy atom. The van der Waals surface area contributed by atoms with Crippen molar-refractivity contribution in [1.82, 2.24) is 29.0 Å². The lowest BCUT2D eigenvalue weighted by Gasteiger charge is -2.34. The Morgan fingerprint density at radius 3 is 2.73 bits per heavy atom. The van der Waals surface area contributed by atoms with Gasteiger partial charge in [-0.25, -0.2) is 9.97 Å². The molecule has 8 heteroatoms. The van der Waals surface area contributed by atoms with Gasteiger partial charge < -0.3 is 19.4 Å². The van der Waals surface area contributed by atoms with Gasteiger partial charge in [0.05, 0.1) is 12.1 Å². The number of aryl methyl sites for hydroxylation is 1. The van der Waals surface area contributed by atoms with Gasteiger partial charge in [-0.05, 0) is 63.3 Å². The number of hydrogen-bond acceptors (Lipinski definition) is 5. The molecular formula is C29H33N7O. The molecular weight excluding hydrogens is 462 g/mol. The molecule has 8 nitrogen and oxygen atoms in total. The van der Waals surface area contributed by atoms with Crippen molar-refractivity contribution in [2.45, 2.75) is 58.7 Å². The van der Waals surface area contributed by atoms with E-state index < -0.39 is 0 Å². The number of rotatable bonds is 5. The van der Waals surface area contributed by atoms with E-state index in [0.717, 1.165) is 67.1 Å². The van der Waals surface area contributed by atoms with E-state index in [9.17, 15) is 4.79 Å². The highest BCUT2D eigenvalue weighted by Gasteiger charge is 2.32. The lowest BCUT2D eigenvalue weighted by atomic mass is 9.85. The Bertz CT molecular complexity index is 1470. The first-order valence-electron chi connectivity index (χ1n) is 13.1. The number of allylic oxidation sites excluding steroid dienone is 1. The summed E-state index contributed by atoms with van der Waals surface area (Å²) < 4.78 is 4.31. The summed E-state index contributed by atoms with van der Waals surface area (Å²) in [5, 5.41) is 4.69. The fraction of sp³-hybridized carbons (Fsp3) is 0.379. The highest BCUT2D eigenvalue weighted by atomic mass is 16.2. The van der Waals surface area contributed by atoms with E-state index in [2.05, 4.69) is 62.2 Å². The number of carbonyl (C=O) groups excluding carboxylic acids is 1. The molecule has 0 spiro atoms. The molecule has 0 bridgehead atoms. The standard InChI is InChI=1S/C29H33N7O/c1-19(2)23-5-4-6-25-24(23)12-14-36(25)26-11-13-30-29(33-26)32-22-9-7-21(8-10-22)28(37)34-15-16-35-20(3)17-31-27(35)18-34/h4-6,11-14,17,21-22H,1,7-10,15-16,18H2,2-3H3,(H,30,32,33)/t21-,22-. The molecule has 0 atom stereocenters. The number of fused-ring (bicyclic) bond motifs is 2. The highest BCUT2D eigenvalue weighted by Crippen LogP contribution is 2.30. The van der Waals surface area contributed by atoms with Crippen LogP contribution in [0.4, 0.5) is 5.95 Å². The molecule has 3 aromatic heterocycles. The van der Waals surface area contributed by atoms with Crippen LogP contribution >= 0.6 is 0 Å². The van der Waals surface area contributed by atoms with Crippen LogP contribution in [0.5, 0.6) is 0 Å². The largest absolute Gasteiger partial charge is 0.351 e. The predicted octanol–water partition coefficient (Wildman–Crippen LogP) is 4.97. The van der Waals surface area contributed by atoms with Crippen LogP contribution in [0.2, 0.25) is 0 Å². The highest BCUT2D eigenvalue weighted by molar-refractivity contribution is 5.92. The van der Waals surface area contributed by atoms with Crippen molar-refractivity contribution in [3.05, 3.63) is 72.6 Å². The molecule has 1 fully saturated rings. The van der Waals surface area contributed by atoms with Gasteiger partial charge in [-0.1, -0.05) is 24.3 Å². The SMILES string of the molecule is C=C(C)c1cccc2c1ccn2-c1ccnc(N[C@H]2CC[C@H](C(=O)N3CCn4c(C)cnc4C3)CC2)n1. The zero-order valence-electron chi connectivity index (χ0n) is 21.5. The second-order valence-electron chi connectivity index (χ2n) is 10.4. The van der Waals surface area contributed by atoms with Crippen LogP contribution in [-0.2, 0) is 17.9 Å². The topological polar surface area (TPSA) is 80.9 Å². The molecule has 1 N–H and O–H groups in total. The third-order valence-electron chi connectivity index (χ3n) is 7.87. The van der Waals surface area contributed by atoms with Gasteiger partial charge >= 0.3 is 0 Å². The van der Waals surface area contributed by atoms with Crippen LogP contribution in [0.25, 0.3) is 22.3 Å². The first kappa shape index (κ1) is 23.5. The number of hydrogen-bond donors (Lipinski definition) is 1. The van der Waals surface area contributed by atoms with Gasteiger partial charge in [0.2, 0.25) is 11.9 Å². The molecule has 37 heavy (non-hydrogen) atoms. The van der Waals surface area contributed by atoms with Crippen molar-refractivity contribution < 1.29 is 4.79 Å². The maximum Gasteiger partial charge on any atom is 0.226 e. The predicted molar refractivity (Wildman–Crippen MR) is 145 cm³/mol. The fourth-order valence-electron chi connectivity index (χ4n) is 5.82. The van der Waals surface area contributed by atoms with Crippen molar-refractivity contribution in [1.29, 1.82) is 0 Å².